The van der Waals surface area contributed by atoms with Crippen molar-refractivity contribution >= 4 is 23.1 Å². The number of aryl methyl sites for hydroxylation is 1. The van der Waals surface area contributed by atoms with Crippen molar-refractivity contribution < 1.29 is 19.2 Å². The van der Waals surface area contributed by atoms with Gasteiger partial charge in [-0.15, -0.1) is 0 Å². The first-order valence-electron chi connectivity index (χ1n) is 10.3. The molecule has 0 saturated carbocycles. The number of carbonyl (C=O) groups excluding carboxylic acids is 2. The maximum Gasteiger partial charge on any atom is 0.338 e. The summed E-state index contributed by atoms with van der Waals surface area (Å²) in [5.41, 5.74) is 2.08. The Hall–Kier alpha value is -3.22. The smallest absolute Gasteiger partial charge is 0.338 e. The average molecular weight is 410 g/mol. The van der Waals surface area contributed by atoms with Gasteiger partial charge in [0.2, 0.25) is 0 Å². The third kappa shape index (κ3) is 5.23. The van der Waals surface area contributed by atoms with Crippen molar-refractivity contribution in [1.29, 1.82) is 0 Å². The maximum atomic E-state index is 12.3. The number of unbranched alkanes of at least 4 members (excludes halogenated alkanes) is 1. The summed E-state index contributed by atoms with van der Waals surface area (Å²) in [4.78, 5) is 37.6. The highest BCUT2D eigenvalue weighted by molar-refractivity contribution is 5.99. The molecule has 2 aromatic rings. The maximum absolute atomic E-state index is 12.3. The van der Waals surface area contributed by atoms with Crippen LogP contribution in [0.1, 0.15) is 58.9 Å². The summed E-state index contributed by atoms with van der Waals surface area (Å²) in [6.07, 6.45) is 5.14. The van der Waals surface area contributed by atoms with E-state index in [9.17, 15) is 19.7 Å². The molecule has 0 unspecified atom stereocenters. The Kier molecular flexibility index (Phi) is 7.17. The molecular formula is C23H26N2O5. The van der Waals surface area contributed by atoms with E-state index < -0.39 is 17.5 Å². The van der Waals surface area contributed by atoms with Gasteiger partial charge in [0.1, 0.15) is 5.69 Å². The van der Waals surface area contributed by atoms with E-state index >= 15 is 0 Å². The van der Waals surface area contributed by atoms with Crippen LogP contribution in [0.3, 0.4) is 0 Å². The second-order valence-electron chi connectivity index (χ2n) is 7.45. The molecule has 1 heterocycles. The first-order chi connectivity index (χ1) is 14.5. The second-order valence-corrected chi connectivity index (χ2v) is 7.45. The normalized spacial score (nSPS) is 13.3. The van der Waals surface area contributed by atoms with Gasteiger partial charge in [0.15, 0.2) is 12.4 Å². The van der Waals surface area contributed by atoms with Crippen LogP contribution in [-0.2, 0) is 11.2 Å². The minimum absolute atomic E-state index is 0.0624. The van der Waals surface area contributed by atoms with Crippen LogP contribution in [0, 0.1) is 10.1 Å². The lowest BCUT2D eigenvalue weighted by Gasteiger charge is -2.17. The highest BCUT2D eigenvalue weighted by Gasteiger charge is 2.24. The van der Waals surface area contributed by atoms with E-state index in [2.05, 4.69) is 6.92 Å². The van der Waals surface area contributed by atoms with E-state index in [1.807, 2.05) is 17.0 Å². The van der Waals surface area contributed by atoms with Gasteiger partial charge >= 0.3 is 5.97 Å². The van der Waals surface area contributed by atoms with Crippen LogP contribution in [-0.4, -0.2) is 36.4 Å². The summed E-state index contributed by atoms with van der Waals surface area (Å²) in [7, 11) is 0. The standard InChI is InChI=1S/C23H26N2O5/c1-2-3-6-17-7-9-18(10-8-17)22(26)16-30-23(27)19-11-12-20(21(15-19)25(28)29)24-13-4-5-14-24/h7-12,15H,2-6,13-14,16H2,1H3. The topological polar surface area (TPSA) is 89.8 Å². The molecule has 0 atom stereocenters. The molecule has 1 aliphatic heterocycles. The number of ketones is 1. The molecule has 1 saturated heterocycles. The van der Waals surface area contributed by atoms with Gasteiger partial charge in [0.25, 0.3) is 5.69 Å². The van der Waals surface area contributed by atoms with Gasteiger partial charge in [-0.05, 0) is 43.4 Å². The Morgan fingerprint density at radius 2 is 1.73 bits per heavy atom. The molecule has 2 aromatic carbocycles. The lowest BCUT2D eigenvalue weighted by molar-refractivity contribution is -0.384. The molecule has 7 nitrogen and oxygen atoms in total. The number of hydrogen-bond acceptors (Lipinski definition) is 6. The Bertz CT molecular complexity index is 918. The van der Waals surface area contributed by atoms with Crippen molar-refractivity contribution in [3.63, 3.8) is 0 Å². The van der Waals surface area contributed by atoms with Gasteiger partial charge in [-0.25, -0.2) is 4.79 Å². The third-order valence-electron chi connectivity index (χ3n) is 5.28. The molecule has 0 bridgehead atoms. The predicted molar refractivity (Wildman–Crippen MR) is 114 cm³/mol. The molecule has 0 spiro atoms. The molecule has 30 heavy (non-hydrogen) atoms. The van der Waals surface area contributed by atoms with Crippen molar-refractivity contribution in [2.75, 3.05) is 24.6 Å². The predicted octanol–water partition coefficient (Wildman–Crippen LogP) is 4.58. The zero-order chi connectivity index (χ0) is 21.5. The lowest BCUT2D eigenvalue weighted by atomic mass is 10.0. The number of Topliss-reactive ketones (excluding diaryl/α,β-unsaturated/α-hetero) is 1. The van der Waals surface area contributed by atoms with Crippen LogP contribution >= 0.6 is 0 Å². The number of nitrogens with zero attached hydrogens (tertiary/aromatic N) is 2. The van der Waals surface area contributed by atoms with E-state index in [-0.39, 0.29) is 17.0 Å². The van der Waals surface area contributed by atoms with Gasteiger partial charge in [0.05, 0.1) is 10.5 Å². The third-order valence-corrected chi connectivity index (χ3v) is 5.28. The number of nitro benzene ring substituents is 1. The number of benzene rings is 2. The van der Waals surface area contributed by atoms with E-state index in [1.54, 1.807) is 18.2 Å². The van der Waals surface area contributed by atoms with Crippen LogP contribution in [0.5, 0.6) is 0 Å². The minimum Gasteiger partial charge on any atom is -0.454 e. The Morgan fingerprint density at radius 3 is 2.37 bits per heavy atom. The van der Waals surface area contributed by atoms with Crippen molar-refractivity contribution in [2.24, 2.45) is 0 Å². The van der Waals surface area contributed by atoms with Crippen LogP contribution in [0.2, 0.25) is 0 Å². The number of nitro groups is 1. The van der Waals surface area contributed by atoms with E-state index in [4.69, 9.17) is 4.74 Å². The summed E-state index contributed by atoms with van der Waals surface area (Å²) in [5, 5.41) is 11.5. The second kappa shape index (κ2) is 10.0. The largest absolute Gasteiger partial charge is 0.454 e. The number of carbonyl (C=O) groups is 2. The lowest BCUT2D eigenvalue weighted by Crippen LogP contribution is -2.19. The summed E-state index contributed by atoms with van der Waals surface area (Å²) in [6, 6.07) is 11.6. The Morgan fingerprint density at radius 1 is 1.07 bits per heavy atom. The van der Waals surface area contributed by atoms with Gasteiger partial charge in [-0.2, -0.15) is 0 Å². The fourth-order valence-electron chi connectivity index (χ4n) is 3.56. The highest BCUT2D eigenvalue weighted by atomic mass is 16.6. The minimum atomic E-state index is -0.751. The zero-order valence-electron chi connectivity index (χ0n) is 17.1. The number of anilines is 1. The molecule has 1 fully saturated rings. The number of rotatable bonds is 9. The van der Waals surface area contributed by atoms with Gasteiger partial charge in [-0.1, -0.05) is 37.6 Å². The average Bonchev–Trinajstić information content (AvgIpc) is 3.30. The van der Waals surface area contributed by atoms with Crippen molar-refractivity contribution in [2.45, 2.75) is 39.0 Å². The van der Waals surface area contributed by atoms with Crippen LogP contribution in [0.4, 0.5) is 11.4 Å². The van der Waals surface area contributed by atoms with E-state index in [0.717, 1.165) is 50.8 Å². The first kappa shape index (κ1) is 21.5. The van der Waals surface area contributed by atoms with Crippen LogP contribution < -0.4 is 4.90 Å². The van der Waals surface area contributed by atoms with Gasteiger partial charge in [-0.3, -0.25) is 14.9 Å². The monoisotopic (exact) mass is 410 g/mol. The number of ether oxygens (including phenoxy) is 1. The Balaban J connectivity index is 1.63. The number of esters is 1. The Labute approximate surface area is 175 Å². The SMILES string of the molecule is CCCCc1ccc(C(=O)COC(=O)c2ccc(N3CCCC3)c([N+](=O)[O-])c2)cc1. The molecule has 158 valence electrons. The van der Waals surface area contributed by atoms with Gasteiger partial charge in [0, 0.05) is 24.7 Å². The number of hydrogen-bond donors (Lipinski definition) is 0. The zero-order valence-corrected chi connectivity index (χ0v) is 17.1. The summed E-state index contributed by atoms with van der Waals surface area (Å²) in [5.74, 6) is -1.06. The summed E-state index contributed by atoms with van der Waals surface area (Å²) in [6.45, 7) is 3.24. The fraction of sp³-hybridized carbons (Fsp3) is 0.391. The highest BCUT2D eigenvalue weighted by Crippen LogP contribution is 2.31. The van der Waals surface area contributed by atoms with E-state index in [1.165, 1.54) is 12.1 Å². The summed E-state index contributed by atoms with van der Waals surface area (Å²) < 4.78 is 5.11. The van der Waals surface area contributed by atoms with E-state index in [0.29, 0.717) is 11.3 Å². The molecule has 0 aromatic heterocycles. The first-order valence-corrected chi connectivity index (χ1v) is 10.3. The summed E-state index contributed by atoms with van der Waals surface area (Å²) >= 11 is 0. The van der Waals surface area contributed by atoms with Gasteiger partial charge < -0.3 is 9.64 Å². The molecule has 0 N–H and O–H groups in total. The van der Waals surface area contributed by atoms with Crippen LogP contribution in [0.25, 0.3) is 0 Å². The molecular weight excluding hydrogens is 384 g/mol. The van der Waals surface area contributed by atoms with Crippen molar-refractivity contribution in [1.82, 2.24) is 0 Å². The molecule has 0 amide bonds. The van der Waals surface area contributed by atoms with Crippen LogP contribution in [0.15, 0.2) is 42.5 Å². The van der Waals surface area contributed by atoms with Crippen molar-refractivity contribution in [3.8, 4) is 0 Å². The molecule has 1 aliphatic rings. The van der Waals surface area contributed by atoms with Crippen molar-refractivity contribution in [3.05, 3.63) is 69.3 Å². The fourth-order valence-corrected chi connectivity index (χ4v) is 3.56. The molecule has 0 aliphatic carbocycles. The molecule has 3 rings (SSSR count). The molecule has 0 radical (unpaired) electrons. The quantitative estimate of drug-likeness (QED) is 0.260. The molecule has 7 heteroatoms.